The zero-order valence-corrected chi connectivity index (χ0v) is 34.5. The summed E-state index contributed by atoms with van der Waals surface area (Å²) in [6, 6.07) is 3.01. The molecule has 2 saturated heterocycles. The van der Waals surface area contributed by atoms with Gasteiger partial charge in [-0.2, -0.15) is 0 Å². The van der Waals surface area contributed by atoms with Gasteiger partial charge >= 0.3 is 6.03 Å². The first kappa shape index (κ1) is 40.9. The molecule has 59 heavy (non-hydrogen) atoms. The second-order valence-electron chi connectivity index (χ2n) is 16.6. The van der Waals surface area contributed by atoms with E-state index in [1.54, 1.807) is 18.1 Å². The Hall–Kier alpha value is -4.90. The SMILES string of the molecule is C=C[C@@H]1C[C@]1(NC(=O)[C@@H]1C[C@@H]2CN1C(=O)[C@H](C1CCCCC1)NC(=O)N1CC(C1)OCCC=Cc1cc3c(cc(OCC)nc3cc1OC)O2)C(=O)NS(=O)(=O)C1CC1. The van der Waals surface area contributed by atoms with E-state index in [9.17, 15) is 22.8 Å². The normalized spacial score (nSPS) is 28.9. The fourth-order valence-electron chi connectivity index (χ4n) is 8.89. The van der Waals surface area contributed by atoms with Crippen molar-refractivity contribution in [3.8, 4) is 17.4 Å². The van der Waals surface area contributed by atoms with Crippen molar-refractivity contribution in [3.05, 3.63) is 42.5 Å². The lowest BCUT2D eigenvalue weighted by molar-refractivity contribution is -0.142. The van der Waals surface area contributed by atoms with Gasteiger partial charge in [-0.05, 0) is 57.4 Å². The summed E-state index contributed by atoms with van der Waals surface area (Å²) in [6.45, 7) is 7.23. The molecule has 4 aliphatic heterocycles. The molecule has 318 valence electrons. The number of rotatable bonds is 10. The minimum Gasteiger partial charge on any atom is -0.496 e. The minimum atomic E-state index is -3.91. The van der Waals surface area contributed by atoms with Gasteiger partial charge in [0.05, 0.1) is 56.8 Å². The largest absolute Gasteiger partial charge is 0.496 e. The molecule has 3 N–H and O–H groups in total. The smallest absolute Gasteiger partial charge is 0.318 e. The van der Waals surface area contributed by atoms with Gasteiger partial charge in [-0.1, -0.05) is 37.5 Å². The van der Waals surface area contributed by atoms with Gasteiger partial charge in [0.1, 0.15) is 35.2 Å². The molecule has 1 aromatic heterocycles. The van der Waals surface area contributed by atoms with Crippen LogP contribution in [0.5, 0.6) is 17.4 Å². The van der Waals surface area contributed by atoms with Crippen LogP contribution < -0.4 is 29.6 Å². The molecule has 5 amide bonds. The highest BCUT2D eigenvalue weighted by molar-refractivity contribution is 7.91. The molecule has 6 bridgehead atoms. The number of methoxy groups -OCH3 is 1. The van der Waals surface area contributed by atoms with Crippen LogP contribution in [0.3, 0.4) is 0 Å². The fourth-order valence-corrected chi connectivity index (χ4v) is 10.3. The highest BCUT2D eigenvalue weighted by Gasteiger charge is 2.62. The number of ether oxygens (including phenoxy) is 4. The summed E-state index contributed by atoms with van der Waals surface area (Å²) < 4.78 is 52.3. The van der Waals surface area contributed by atoms with Crippen molar-refractivity contribution in [2.75, 3.05) is 40.0 Å². The molecule has 0 unspecified atom stereocenters. The van der Waals surface area contributed by atoms with E-state index in [0.717, 1.165) is 37.7 Å². The first-order valence-corrected chi connectivity index (χ1v) is 22.4. The zero-order chi connectivity index (χ0) is 41.5. The number of benzene rings is 1. The van der Waals surface area contributed by atoms with Gasteiger partial charge < -0.3 is 39.4 Å². The molecular weight excluding hydrogens is 781 g/mol. The predicted octanol–water partition coefficient (Wildman–Crippen LogP) is 3.44. The number of urea groups is 1. The minimum absolute atomic E-state index is 0.00746. The van der Waals surface area contributed by atoms with E-state index < -0.39 is 62.6 Å². The van der Waals surface area contributed by atoms with Crippen molar-refractivity contribution < 1.29 is 46.5 Å². The van der Waals surface area contributed by atoms with Gasteiger partial charge in [-0.25, -0.2) is 18.2 Å². The standard InChI is InChI=1S/C42H54N6O10S/c1-4-27-21-42(27,40(51)46-59(53,54)30-14-15-30)45-38(49)33-18-28-24-48(33)39(50)37(25-11-7-6-8-12-25)44-41(52)47-22-29(23-47)57-16-10-9-13-26-17-31-32(19-34(26)55-3)43-36(56-5-2)20-35(31)58-28/h4,9,13,17,19-20,25,27-30,33,37H,1,5-8,10-12,14-16,18,21-24H2,2-3H3,(H,44,52)(H,45,49)(H,46,51)/t27-,28-,33+,37+,42-/m1/s1. The summed E-state index contributed by atoms with van der Waals surface area (Å²) in [6.07, 6.45) is 10.7. The second kappa shape index (κ2) is 16.6. The molecule has 5 atom stereocenters. The average molecular weight is 835 g/mol. The Morgan fingerprint density at radius 3 is 2.56 bits per heavy atom. The van der Waals surface area contributed by atoms with Crippen LogP contribution in [-0.2, 0) is 29.1 Å². The molecule has 3 aliphatic carbocycles. The quantitative estimate of drug-likeness (QED) is 0.297. The first-order valence-electron chi connectivity index (χ1n) is 20.9. The maximum atomic E-state index is 15.0. The van der Waals surface area contributed by atoms with Crippen molar-refractivity contribution in [3.63, 3.8) is 0 Å². The van der Waals surface area contributed by atoms with E-state index in [4.69, 9.17) is 23.9 Å². The molecule has 0 radical (unpaired) electrons. The number of aromatic nitrogens is 1. The number of carbonyl (C=O) groups is 4. The van der Waals surface area contributed by atoms with Crippen molar-refractivity contribution in [2.45, 2.75) is 106 Å². The lowest BCUT2D eigenvalue weighted by atomic mass is 9.83. The Labute approximate surface area is 344 Å². The van der Waals surface area contributed by atoms with Gasteiger partial charge in [0, 0.05) is 35.4 Å². The molecule has 1 aromatic carbocycles. The van der Waals surface area contributed by atoms with Crippen molar-refractivity contribution in [2.24, 2.45) is 11.8 Å². The summed E-state index contributed by atoms with van der Waals surface area (Å²) >= 11 is 0. The molecule has 2 aromatic rings. The molecular formula is C42H54N6O10S. The summed E-state index contributed by atoms with van der Waals surface area (Å²) in [7, 11) is -2.33. The summed E-state index contributed by atoms with van der Waals surface area (Å²) in [5.41, 5.74) is -0.221. The van der Waals surface area contributed by atoms with Crippen LogP contribution >= 0.6 is 0 Å². The molecule has 0 spiro atoms. The van der Waals surface area contributed by atoms with Crippen LogP contribution in [0.25, 0.3) is 17.0 Å². The van der Waals surface area contributed by atoms with Crippen LogP contribution in [0, 0.1) is 11.8 Å². The number of hydrogen-bond acceptors (Lipinski definition) is 11. The third kappa shape index (κ3) is 8.45. The Balaban J connectivity index is 1.16. The van der Waals surface area contributed by atoms with Crippen LogP contribution in [0.2, 0.25) is 0 Å². The monoisotopic (exact) mass is 834 g/mol. The summed E-state index contributed by atoms with van der Waals surface area (Å²) in [5, 5.41) is 5.94. The number of sulfonamides is 1. The molecule has 3 saturated carbocycles. The topological polar surface area (TPSA) is 195 Å². The number of nitrogens with zero attached hydrogens (tertiary/aromatic N) is 3. The van der Waals surface area contributed by atoms with E-state index in [-0.39, 0.29) is 37.4 Å². The van der Waals surface area contributed by atoms with Crippen molar-refractivity contribution in [1.82, 2.24) is 30.1 Å². The van der Waals surface area contributed by atoms with E-state index >= 15 is 4.79 Å². The Morgan fingerprint density at radius 2 is 1.86 bits per heavy atom. The number of amides is 5. The van der Waals surface area contributed by atoms with Crippen LogP contribution in [0.1, 0.15) is 76.7 Å². The Bertz CT molecular complexity index is 2130. The van der Waals surface area contributed by atoms with E-state index in [2.05, 4.69) is 21.9 Å². The van der Waals surface area contributed by atoms with Crippen LogP contribution in [0.4, 0.5) is 4.79 Å². The van der Waals surface area contributed by atoms with Gasteiger partial charge in [0.15, 0.2) is 0 Å². The van der Waals surface area contributed by atoms with Gasteiger partial charge in [0.25, 0.3) is 5.91 Å². The maximum absolute atomic E-state index is 15.0. The Kier molecular flexibility index (Phi) is 11.5. The lowest BCUT2D eigenvalue weighted by Gasteiger charge is -2.41. The van der Waals surface area contributed by atoms with E-state index in [1.807, 2.05) is 31.2 Å². The maximum Gasteiger partial charge on any atom is 0.318 e. The molecule has 7 aliphatic rings. The van der Waals surface area contributed by atoms with Crippen molar-refractivity contribution in [1.29, 1.82) is 0 Å². The highest BCUT2D eigenvalue weighted by Crippen LogP contribution is 2.46. The van der Waals surface area contributed by atoms with Crippen LogP contribution in [0.15, 0.2) is 36.9 Å². The molecule has 17 heteroatoms. The number of carbonyl (C=O) groups excluding carboxylic acids is 4. The second-order valence-corrected chi connectivity index (χ2v) is 18.5. The van der Waals surface area contributed by atoms with E-state index in [0.29, 0.717) is 73.8 Å². The third-order valence-corrected chi connectivity index (χ3v) is 14.3. The van der Waals surface area contributed by atoms with E-state index in [1.165, 1.54) is 11.0 Å². The molecule has 5 heterocycles. The van der Waals surface area contributed by atoms with Gasteiger partial charge in [-0.3, -0.25) is 19.1 Å². The fraction of sp³-hybridized carbons (Fsp3) is 0.595. The number of fused-ring (bicyclic) bond motifs is 6. The number of hydrogen-bond donors (Lipinski definition) is 3. The number of pyridine rings is 1. The van der Waals surface area contributed by atoms with Gasteiger partial charge in [-0.15, -0.1) is 6.58 Å². The van der Waals surface area contributed by atoms with Crippen molar-refractivity contribution >= 4 is 50.8 Å². The summed E-state index contributed by atoms with van der Waals surface area (Å²) in [5.74, 6) is -1.22. The number of nitrogens with one attached hydrogen (secondary N) is 3. The Morgan fingerprint density at radius 1 is 1.08 bits per heavy atom. The predicted molar refractivity (Wildman–Crippen MR) is 217 cm³/mol. The average Bonchev–Trinajstić information content (AvgIpc) is 4.14. The first-order chi connectivity index (χ1) is 28.4. The molecule has 16 nitrogen and oxygen atoms in total. The zero-order valence-electron chi connectivity index (χ0n) is 33.7. The third-order valence-electron chi connectivity index (χ3n) is 12.5. The van der Waals surface area contributed by atoms with Gasteiger partial charge in [0.2, 0.25) is 27.7 Å². The summed E-state index contributed by atoms with van der Waals surface area (Å²) in [4.78, 5) is 64.8. The lowest BCUT2D eigenvalue weighted by Crippen LogP contribution is -2.63. The van der Waals surface area contributed by atoms with Crippen LogP contribution in [-0.4, -0.2) is 122 Å². The molecule has 9 rings (SSSR count). The molecule has 5 fully saturated rings. The highest BCUT2D eigenvalue weighted by atomic mass is 32.2.